The van der Waals surface area contributed by atoms with E-state index < -0.39 is 5.41 Å². The van der Waals surface area contributed by atoms with E-state index in [9.17, 15) is 0 Å². The number of hydrogen-bond donors (Lipinski definition) is 0. The third-order valence-corrected chi connectivity index (χ3v) is 12.2. The van der Waals surface area contributed by atoms with E-state index in [-0.39, 0.29) is 5.41 Å². The van der Waals surface area contributed by atoms with Crippen molar-refractivity contribution in [3.05, 3.63) is 233 Å². The van der Waals surface area contributed by atoms with Gasteiger partial charge in [-0.2, -0.15) is 0 Å². The Hall–Kier alpha value is -6.44. The lowest BCUT2D eigenvalue weighted by atomic mass is 9.67. The van der Waals surface area contributed by atoms with Gasteiger partial charge in [0.05, 0.1) is 16.8 Å². The summed E-state index contributed by atoms with van der Waals surface area (Å²) in [6.07, 6.45) is 0. The van der Waals surface area contributed by atoms with Crippen molar-refractivity contribution in [1.82, 2.24) is 0 Å². The number of para-hydroxylation sites is 2. The molecule has 0 unspecified atom stereocenters. The smallest absolute Gasteiger partial charge is 0.0726 e. The Balaban J connectivity index is 1.20. The van der Waals surface area contributed by atoms with Gasteiger partial charge in [0.1, 0.15) is 0 Å². The van der Waals surface area contributed by atoms with E-state index in [1.807, 2.05) is 0 Å². The molecule has 1 heterocycles. The highest BCUT2D eigenvalue weighted by Crippen LogP contribution is 2.64. The third-order valence-electron chi connectivity index (χ3n) is 12.2. The van der Waals surface area contributed by atoms with Crippen molar-refractivity contribution < 1.29 is 0 Å². The molecule has 244 valence electrons. The van der Waals surface area contributed by atoms with Crippen LogP contribution >= 0.6 is 0 Å². The molecule has 0 amide bonds. The minimum absolute atomic E-state index is 0.309. The lowest BCUT2D eigenvalue weighted by Crippen LogP contribution is -2.34. The first-order valence-electron chi connectivity index (χ1n) is 18.3. The molecule has 0 fully saturated rings. The standard InChI is InChI=1S/C51H35N/c1-50(36-18-6-3-7-19-36)44-24-12-14-26-48(44)52(49-27-15-13-25-45(49)50)37-29-31-41-40-30-28-35(34-16-4-2-5-17-34)32-46(40)51(47(41)33-37)42-22-10-8-20-38(42)39-21-9-11-23-43(39)51/h2-33H,1H3. The Labute approximate surface area is 305 Å². The molecule has 8 aromatic carbocycles. The fraction of sp³-hybridized carbons (Fsp3) is 0.0588. The van der Waals surface area contributed by atoms with Gasteiger partial charge < -0.3 is 4.90 Å². The Morgan fingerprint density at radius 1 is 0.346 bits per heavy atom. The molecule has 1 heteroatoms. The van der Waals surface area contributed by atoms with Gasteiger partial charge in [-0.15, -0.1) is 0 Å². The molecule has 1 aliphatic heterocycles. The van der Waals surface area contributed by atoms with Crippen molar-refractivity contribution in [2.24, 2.45) is 0 Å². The minimum Gasteiger partial charge on any atom is -0.310 e. The van der Waals surface area contributed by atoms with Crippen LogP contribution in [0.1, 0.15) is 45.9 Å². The first-order valence-corrected chi connectivity index (χ1v) is 18.3. The molecule has 2 aliphatic carbocycles. The van der Waals surface area contributed by atoms with Gasteiger partial charge in [0.2, 0.25) is 0 Å². The molecule has 0 aromatic heterocycles. The maximum absolute atomic E-state index is 2.51. The van der Waals surface area contributed by atoms with E-state index in [1.165, 1.54) is 89.4 Å². The molecule has 0 saturated heterocycles. The molecule has 1 nitrogen and oxygen atoms in total. The zero-order valence-electron chi connectivity index (χ0n) is 28.9. The van der Waals surface area contributed by atoms with Gasteiger partial charge in [0, 0.05) is 11.1 Å². The van der Waals surface area contributed by atoms with Gasteiger partial charge in [-0.3, -0.25) is 0 Å². The summed E-state index contributed by atoms with van der Waals surface area (Å²) in [7, 11) is 0. The average Bonchev–Trinajstić information content (AvgIpc) is 3.68. The molecule has 0 bridgehead atoms. The first-order chi connectivity index (χ1) is 25.7. The Morgan fingerprint density at radius 2 is 0.808 bits per heavy atom. The molecule has 1 spiro atoms. The lowest BCUT2D eigenvalue weighted by Gasteiger charge is -2.44. The number of rotatable bonds is 3. The Bertz CT molecular complexity index is 2610. The highest BCUT2D eigenvalue weighted by Gasteiger charge is 2.52. The van der Waals surface area contributed by atoms with Crippen molar-refractivity contribution in [1.29, 1.82) is 0 Å². The summed E-state index contributed by atoms with van der Waals surface area (Å²) < 4.78 is 0. The van der Waals surface area contributed by atoms with Crippen molar-refractivity contribution in [2.75, 3.05) is 4.90 Å². The van der Waals surface area contributed by atoms with Crippen molar-refractivity contribution in [3.63, 3.8) is 0 Å². The van der Waals surface area contributed by atoms with Crippen molar-refractivity contribution in [3.8, 4) is 33.4 Å². The first kappa shape index (κ1) is 29.3. The molecule has 52 heavy (non-hydrogen) atoms. The van der Waals surface area contributed by atoms with E-state index in [4.69, 9.17) is 0 Å². The van der Waals surface area contributed by atoms with Crippen LogP contribution in [0.2, 0.25) is 0 Å². The predicted molar refractivity (Wildman–Crippen MR) is 215 cm³/mol. The Morgan fingerprint density at radius 3 is 1.42 bits per heavy atom. The fourth-order valence-corrected chi connectivity index (χ4v) is 9.89. The van der Waals surface area contributed by atoms with Crippen LogP contribution in [0.15, 0.2) is 194 Å². The highest BCUT2D eigenvalue weighted by atomic mass is 15.2. The molecular weight excluding hydrogens is 627 g/mol. The van der Waals surface area contributed by atoms with Gasteiger partial charge in [-0.1, -0.05) is 164 Å². The van der Waals surface area contributed by atoms with Crippen LogP contribution < -0.4 is 4.90 Å². The number of anilines is 3. The molecular formula is C51H35N. The molecule has 3 aliphatic rings. The second-order valence-corrected chi connectivity index (χ2v) is 14.6. The molecule has 11 rings (SSSR count). The zero-order valence-corrected chi connectivity index (χ0v) is 28.9. The Kier molecular flexibility index (Phi) is 6.08. The van der Waals surface area contributed by atoms with Crippen LogP contribution in [0.3, 0.4) is 0 Å². The van der Waals surface area contributed by atoms with E-state index in [0.717, 1.165) is 0 Å². The van der Waals surface area contributed by atoms with Crippen molar-refractivity contribution >= 4 is 17.1 Å². The van der Waals surface area contributed by atoms with Gasteiger partial charge in [0.15, 0.2) is 0 Å². The summed E-state index contributed by atoms with van der Waals surface area (Å²) in [5, 5.41) is 0. The molecule has 8 aromatic rings. The van der Waals surface area contributed by atoms with Gasteiger partial charge >= 0.3 is 0 Å². The number of nitrogens with zero attached hydrogens (tertiary/aromatic N) is 1. The number of fused-ring (bicyclic) bond motifs is 12. The highest BCUT2D eigenvalue weighted by molar-refractivity contribution is 5.98. The largest absolute Gasteiger partial charge is 0.310 e. The second-order valence-electron chi connectivity index (χ2n) is 14.6. The van der Waals surface area contributed by atoms with Crippen LogP contribution in [0.4, 0.5) is 17.1 Å². The van der Waals surface area contributed by atoms with Crippen LogP contribution in [-0.4, -0.2) is 0 Å². The predicted octanol–water partition coefficient (Wildman–Crippen LogP) is 12.8. The summed E-state index contributed by atoms with van der Waals surface area (Å²) in [5.74, 6) is 0. The maximum Gasteiger partial charge on any atom is 0.0726 e. The summed E-state index contributed by atoms with van der Waals surface area (Å²) >= 11 is 0. The van der Waals surface area contributed by atoms with Crippen LogP contribution in [0.25, 0.3) is 33.4 Å². The average molecular weight is 662 g/mol. The number of hydrogen-bond acceptors (Lipinski definition) is 1. The zero-order chi connectivity index (χ0) is 34.4. The second kappa shape index (κ2) is 10.8. The van der Waals surface area contributed by atoms with E-state index >= 15 is 0 Å². The third kappa shape index (κ3) is 3.72. The lowest BCUT2D eigenvalue weighted by molar-refractivity contribution is 0.681. The van der Waals surface area contributed by atoms with Crippen LogP contribution in [0.5, 0.6) is 0 Å². The van der Waals surface area contributed by atoms with Crippen LogP contribution in [0, 0.1) is 0 Å². The van der Waals surface area contributed by atoms with E-state index in [0.29, 0.717) is 0 Å². The SMILES string of the molecule is CC1(c2ccccc2)c2ccccc2N(c2ccc3c(c2)C2(c4ccccc4-c4ccccc42)c2cc(-c4ccccc4)ccc2-3)c2ccccc21. The topological polar surface area (TPSA) is 3.24 Å². The van der Waals surface area contributed by atoms with Crippen molar-refractivity contribution in [2.45, 2.75) is 17.8 Å². The fourth-order valence-electron chi connectivity index (χ4n) is 9.89. The van der Waals surface area contributed by atoms with Crippen LogP contribution in [-0.2, 0) is 10.8 Å². The minimum atomic E-state index is -0.452. The van der Waals surface area contributed by atoms with Gasteiger partial charge in [-0.25, -0.2) is 0 Å². The normalized spacial score (nSPS) is 14.9. The van der Waals surface area contributed by atoms with E-state index in [1.54, 1.807) is 0 Å². The summed E-state index contributed by atoms with van der Waals surface area (Å²) in [6.45, 7) is 2.39. The molecule has 0 saturated carbocycles. The summed E-state index contributed by atoms with van der Waals surface area (Å²) in [4.78, 5) is 2.51. The molecule has 0 atom stereocenters. The summed E-state index contributed by atoms with van der Waals surface area (Å²) in [6, 6.07) is 72.4. The van der Waals surface area contributed by atoms with Gasteiger partial charge in [0.25, 0.3) is 0 Å². The van der Waals surface area contributed by atoms with Gasteiger partial charge in [-0.05, 0) is 110 Å². The molecule has 0 radical (unpaired) electrons. The quantitative estimate of drug-likeness (QED) is 0.182. The molecule has 0 N–H and O–H groups in total. The monoisotopic (exact) mass is 661 g/mol. The summed E-state index contributed by atoms with van der Waals surface area (Å²) in [5.41, 5.74) is 19.9. The van der Waals surface area contributed by atoms with E-state index in [2.05, 4.69) is 206 Å². The maximum atomic E-state index is 2.51. The number of benzene rings is 8.